The molecule has 1 aliphatic rings. The lowest BCUT2D eigenvalue weighted by Gasteiger charge is -2.16. The molecule has 4 nitrogen and oxygen atoms in total. The summed E-state index contributed by atoms with van der Waals surface area (Å²) in [5.41, 5.74) is 1.24. The van der Waals surface area contributed by atoms with E-state index in [1.165, 1.54) is 5.56 Å². The largest absolute Gasteiger partial charge is 0.484 e. The first kappa shape index (κ1) is 15.8. The molecule has 0 radical (unpaired) electrons. The molecular weight excluding hydrogens is 264 g/mol. The van der Waals surface area contributed by atoms with Crippen molar-refractivity contribution in [2.75, 3.05) is 26.2 Å². The molecule has 0 aliphatic carbocycles. The second kappa shape index (κ2) is 8.03. The lowest BCUT2D eigenvalue weighted by Crippen LogP contribution is -2.32. The number of carbonyl (C=O) groups excluding carboxylic acids is 1. The van der Waals surface area contributed by atoms with Crippen LogP contribution in [0.25, 0.3) is 0 Å². The van der Waals surface area contributed by atoms with Crippen molar-refractivity contribution in [3.63, 3.8) is 0 Å². The number of hydrogen-bond donors (Lipinski definition) is 1. The van der Waals surface area contributed by atoms with Gasteiger partial charge in [-0.05, 0) is 50.4 Å². The van der Waals surface area contributed by atoms with Crippen molar-refractivity contribution < 1.29 is 9.53 Å². The van der Waals surface area contributed by atoms with Crippen molar-refractivity contribution in [2.45, 2.75) is 39.2 Å². The maximum Gasteiger partial charge on any atom is 0.260 e. The van der Waals surface area contributed by atoms with Gasteiger partial charge in [0, 0.05) is 19.1 Å². The average Bonchev–Trinajstić information content (AvgIpc) is 3.05. The van der Waals surface area contributed by atoms with Gasteiger partial charge < -0.3 is 15.0 Å². The molecule has 1 amide bonds. The summed E-state index contributed by atoms with van der Waals surface area (Å²) < 4.78 is 5.58. The summed E-state index contributed by atoms with van der Waals surface area (Å²) in [6, 6.07) is 8.34. The zero-order valence-corrected chi connectivity index (χ0v) is 13.1. The first-order valence-corrected chi connectivity index (χ1v) is 7.94. The van der Waals surface area contributed by atoms with Gasteiger partial charge in [-0.1, -0.05) is 19.1 Å². The third kappa shape index (κ3) is 4.74. The van der Waals surface area contributed by atoms with Crippen LogP contribution in [0.15, 0.2) is 24.3 Å². The van der Waals surface area contributed by atoms with Gasteiger partial charge in [0.15, 0.2) is 6.61 Å². The van der Waals surface area contributed by atoms with Crippen LogP contribution < -0.4 is 10.1 Å². The topological polar surface area (TPSA) is 41.6 Å². The Hall–Kier alpha value is -1.55. The first-order chi connectivity index (χ1) is 10.2. The smallest absolute Gasteiger partial charge is 0.260 e. The van der Waals surface area contributed by atoms with Crippen molar-refractivity contribution >= 4 is 5.91 Å². The van der Waals surface area contributed by atoms with Gasteiger partial charge in [-0.2, -0.15) is 0 Å². The van der Waals surface area contributed by atoms with E-state index in [4.69, 9.17) is 4.74 Å². The Morgan fingerprint density at radius 3 is 2.57 bits per heavy atom. The van der Waals surface area contributed by atoms with Gasteiger partial charge in [-0.25, -0.2) is 0 Å². The molecule has 2 rings (SSSR count). The summed E-state index contributed by atoms with van der Waals surface area (Å²) in [6.07, 6.45) is 3.36. The molecule has 1 unspecified atom stereocenters. The van der Waals surface area contributed by atoms with Gasteiger partial charge in [0.05, 0.1) is 0 Å². The molecule has 0 spiro atoms. The van der Waals surface area contributed by atoms with Gasteiger partial charge >= 0.3 is 0 Å². The summed E-state index contributed by atoms with van der Waals surface area (Å²) in [5, 5.41) is 3.45. The third-order valence-corrected chi connectivity index (χ3v) is 3.90. The second-order valence-corrected chi connectivity index (χ2v) is 5.62. The van der Waals surface area contributed by atoms with E-state index in [1.807, 2.05) is 17.0 Å². The van der Waals surface area contributed by atoms with E-state index in [0.717, 1.165) is 44.6 Å². The minimum absolute atomic E-state index is 0.0922. The Bertz CT molecular complexity index is 439. The van der Waals surface area contributed by atoms with E-state index >= 15 is 0 Å². The molecule has 0 bridgehead atoms. The van der Waals surface area contributed by atoms with E-state index in [0.29, 0.717) is 6.04 Å². The SMILES string of the molecule is CCCNC(C)c1ccc(OCC(=O)N2CCCC2)cc1. The van der Waals surface area contributed by atoms with Crippen LogP contribution in [0.5, 0.6) is 5.75 Å². The van der Waals surface area contributed by atoms with E-state index in [-0.39, 0.29) is 12.5 Å². The van der Waals surface area contributed by atoms with E-state index in [9.17, 15) is 4.79 Å². The number of nitrogens with one attached hydrogen (secondary N) is 1. The van der Waals surface area contributed by atoms with Gasteiger partial charge in [-0.15, -0.1) is 0 Å². The highest BCUT2D eigenvalue weighted by Gasteiger charge is 2.18. The molecule has 1 fully saturated rings. The molecule has 0 saturated carbocycles. The van der Waals surface area contributed by atoms with Crippen molar-refractivity contribution in [3.05, 3.63) is 29.8 Å². The number of rotatable bonds is 7. The Kier molecular flexibility index (Phi) is 6.05. The Balaban J connectivity index is 1.80. The fraction of sp³-hybridized carbons (Fsp3) is 0.588. The number of benzene rings is 1. The number of likely N-dealkylation sites (tertiary alicyclic amines) is 1. The maximum atomic E-state index is 11.9. The summed E-state index contributed by atoms with van der Waals surface area (Å²) in [5.74, 6) is 0.851. The lowest BCUT2D eigenvalue weighted by atomic mass is 10.1. The Labute approximate surface area is 127 Å². The Morgan fingerprint density at radius 1 is 1.29 bits per heavy atom. The fourth-order valence-electron chi connectivity index (χ4n) is 2.53. The molecule has 1 heterocycles. The molecule has 1 aromatic rings. The second-order valence-electron chi connectivity index (χ2n) is 5.62. The van der Waals surface area contributed by atoms with Gasteiger partial charge in [0.25, 0.3) is 5.91 Å². The fourth-order valence-corrected chi connectivity index (χ4v) is 2.53. The van der Waals surface area contributed by atoms with Crippen LogP contribution >= 0.6 is 0 Å². The van der Waals surface area contributed by atoms with Crippen molar-refractivity contribution in [2.24, 2.45) is 0 Å². The van der Waals surface area contributed by atoms with Crippen LogP contribution in [0.1, 0.15) is 44.7 Å². The average molecular weight is 290 g/mol. The molecule has 0 aromatic heterocycles. The van der Waals surface area contributed by atoms with Crippen LogP contribution in [-0.2, 0) is 4.79 Å². The van der Waals surface area contributed by atoms with Gasteiger partial charge in [-0.3, -0.25) is 4.79 Å². The predicted molar refractivity (Wildman–Crippen MR) is 84.5 cm³/mol. The molecule has 1 atom stereocenters. The van der Waals surface area contributed by atoms with E-state index < -0.39 is 0 Å². The number of hydrogen-bond acceptors (Lipinski definition) is 3. The normalized spacial score (nSPS) is 16.0. The van der Waals surface area contributed by atoms with E-state index in [2.05, 4.69) is 31.3 Å². The third-order valence-electron chi connectivity index (χ3n) is 3.90. The highest BCUT2D eigenvalue weighted by atomic mass is 16.5. The molecule has 21 heavy (non-hydrogen) atoms. The van der Waals surface area contributed by atoms with Crippen LogP contribution in [0.2, 0.25) is 0 Å². The van der Waals surface area contributed by atoms with E-state index in [1.54, 1.807) is 0 Å². The number of nitrogens with zero attached hydrogens (tertiary/aromatic N) is 1. The predicted octanol–water partition coefficient (Wildman–Crippen LogP) is 2.75. The first-order valence-electron chi connectivity index (χ1n) is 7.94. The molecule has 1 saturated heterocycles. The van der Waals surface area contributed by atoms with Crippen LogP contribution in [0, 0.1) is 0 Å². The highest BCUT2D eigenvalue weighted by Crippen LogP contribution is 2.18. The molecular formula is C17H26N2O2. The van der Waals surface area contributed by atoms with Gasteiger partial charge in [0.1, 0.15) is 5.75 Å². The molecule has 4 heteroatoms. The summed E-state index contributed by atoms with van der Waals surface area (Å²) >= 11 is 0. The number of carbonyl (C=O) groups is 1. The monoisotopic (exact) mass is 290 g/mol. The minimum atomic E-state index is 0.0922. The minimum Gasteiger partial charge on any atom is -0.484 e. The summed E-state index contributed by atoms with van der Waals surface area (Å²) in [4.78, 5) is 13.8. The van der Waals surface area contributed by atoms with Crippen LogP contribution in [-0.4, -0.2) is 37.0 Å². The van der Waals surface area contributed by atoms with Crippen LogP contribution in [0.3, 0.4) is 0 Å². The molecule has 116 valence electrons. The van der Waals surface area contributed by atoms with Crippen molar-refractivity contribution in [3.8, 4) is 5.75 Å². The standard InChI is InChI=1S/C17H26N2O2/c1-3-10-18-14(2)15-6-8-16(9-7-15)21-13-17(20)19-11-4-5-12-19/h6-9,14,18H,3-5,10-13H2,1-2H3. The molecule has 1 aliphatic heterocycles. The summed E-state index contributed by atoms with van der Waals surface area (Å²) in [7, 11) is 0. The quantitative estimate of drug-likeness (QED) is 0.839. The lowest BCUT2D eigenvalue weighted by molar-refractivity contribution is -0.132. The molecule has 1 aromatic carbocycles. The number of ether oxygens (including phenoxy) is 1. The van der Waals surface area contributed by atoms with Crippen molar-refractivity contribution in [1.82, 2.24) is 10.2 Å². The summed E-state index contributed by atoms with van der Waals surface area (Å²) in [6.45, 7) is 7.23. The highest BCUT2D eigenvalue weighted by molar-refractivity contribution is 5.78. The van der Waals surface area contributed by atoms with Crippen molar-refractivity contribution in [1.29, 1.82) is 0 Å². The molecule has 1 N–H and O–H groups in total. The number of amides is 1. The zero-order valence-electron chi connectivity index (χ0n) is 13.1. The zero-order chi connectivity index (χ0) is 15.1. The maximum absolute atomic E-state index is 11.9. The van der Waals surface area contributed by atoms with Crippen LogP contribution in [0.4, 0.5) is 0 Å². The Morgan fingerprint density at radius 2 is 1.95 bits per heavy atom. The van der Waals surface area contributed by atoms with Gasteiger partial charge in [0.2, 0.25) is 0 Å².